The summed E-state index contributed by atoms with van der Waals surface area (Å²) in [5, 5.41) is 11.9. The van der Waals surface area contributed by atoms with Crippen molar-refractivity contribution in [1.82, 2.24) is 5.32 Å². The van der Waals surface area contributed by atoms with Crippen LogP contribution in [-0.2, 0) is 20.9 Å². The summed E-state index contributed by atoms with van der Waals surface area (Å²) in [6.07, 6.45) is 3.37. The smallest absolute Gasteiger partial charge is 0.345 e. The summed E-state index contributed by atoms with van der Waals surface area (Å²) in [5.41, 5.74) is 8.17. The minimum atomic E-state index is -0.833. The zero-order chi connectivity index (χ0) is 31.0. The van der Waals surface area contributed by atoms with Crippen molar-refractivity contribution in [3.63, 3.8) is 0 Å². The molecule has 0 aliphatic rings. The monoisotopic (exact) mass is 592 g/mol. The molecule has 0 aromatic heterocycles. The molecule has 3 aromatic carbocycles. The summed E-state index contributed by atoms with van der Waals surface area (Å²) in [6, 6.07) is 19.0. The van der Waals surface area contributed by atoms with Crippen LogP contribution in [0.4, 0.5) is 0 Å². The van der Waals surface area contributed by atoms with E-state index >= 15 is 0 Å². The number of hydrogen-bond acceptors (Lipinski definition) is 9. The first-order valence-corrected chi connectivity index (χ1v) is 14.3. The molecule has 0 bridgehead atoms. The zero-order valence-electron chi connectivity index (χ0n) is 24.7. The zero-order valence-corrected chi connectivity index (χ0v) is 24.7. The van der Waals surface area contributed by atoms with E-state index in [-0.39, 0.29) is 25.0 Å². The summed E-state index contributed by atoms with van der Waals surface area (Å²) in [4.78, 5) is 36.7. The fraction of sp³-hybridized carbons (Fsp3) is 0.364. The number of carbonyl (C=O) groups is 3. The number of amides is 1. The third-order valence-electron chi connectivity index (χ3n) is 6.76. The normalized spacial score (nSPS) is 11.4. The Morgan fingerprint density at radius 1 is 0.814 bits per heavy atom. The highest BCUT2D eigenvalue weighted by atomic mass is 16.6. The molecule has 1 atom stereocenters. The maximum Gasteiger partial charge on any atom is 0.345 e. The minimum Gasteiger partial charge on any atom is -0.497 e. The lowest BCUT2D eigenvalue weighted by molar-refractivity contribution is -0.140. The SMILES string of the molecule is COc1cc(COc2ccc(-c3ccc(C(=O)OC(=O)[C@H](CCC(N)=O)NCCCCCCO)cc3)cc2)cc(OC)c1. The molecule has 230 valence electrons. The van der Waals surface area contributed by atoms with E-state index in [9.17, 15) is 14.4 Å². The molecule has 0 heterocycles. The molecule has 4 N–H and O–H groups in total. The lowest BCUT2D eigenvalue weighted by Gasteiger charge is -2.16. The van der Waals surface area contributed by atoms with Crippen molar-refractivity contribution in [3.05, 3.63) is 77.9 Å². The highest BCUT2D eigenvalue weighted by molar-refractivity contribution is 5.98. The third-order valence-corrected chi connectivity index (χ3v) is 6.76. The van der Waals surface area contributed by atoms with E-state index in [1.807, 2.05) is 36.4 Å². The molecule has 10 nitrogen and oxygen atoms in total. The number of hydrogen-bond donors (Lipinski definition) is 3. The van der Waals surface area contributed by atoms with Crippen molar-refractivity contribution in [3.8, 4) is 28.4 Å². The van der Waals surface area contributed by atoms with E-state index in [0.29, 0.717) is 30.4 Å². The predicted molar refractivity (Wildman–Crippen MR) is 162 cm³/mol. The van der Waals surface area contributed by atoms with Crippen LogP contribution < -0.4 is 25.3 Å². The summed E-state index contributed by atoms with van der Waals surface area (Å²) >= 11 is 0. The van der Waals surface area contributed by atoms with Crippen LogP contribution in [0.5, 0.6) is 17.2 Å². The standard InChI is InChI=1S/C33H40N2O8/c1-40-28-19-23(20-29(21-28)41-2)22-42-27-13-11-25(12-14-27)24-7-9-26(10-8-24)32(38)43-33(39)30(15-16-31(34)37)35-17-5-3-4-6-18-36/h7-14,19-21,30,35-36H,3-6,15-18,22H2,1-2H3,(H2,34,37)/t30-/m0/s1. The second-order valence-corrected chi connectivity index (χ2v) is 9.97. The number of unbranched alkanes of at least 4 members (excludes halogenated alkanes) is 3. The minimum absolute atomic E-state index is 0.0141. The predicted octanol–water partition coefficient (Wildman–Crippen LogP) is 4.41. The Hall–Kier alpha value is -4.41. The van der Waals surface area contributed by atoms with Crippen molar-refractivity contribution in [2.24, 2.45) is 5.73 Å². The van der Waals surface area contributed by atoms with Gasteiger partial charge in [0.2, 0.25) is 5.91 Å². The molecule has 0 aliphatic heterocycles. The summed E-state index contributed by atoms with van der Waals surface area (Å²) in [7, 11) is 3.20. The fourth-order valence-corrected chi connectivity index (χ4v) is 4.34. The van der Waals surface area contributed by atoms with Gasteiger partial charge in [-0.15, -0.1) is 0 Å². The van der Waals surface area contributed by atoms with E-state index in [4.69, 9.17) is 29.8 Å². The van der Waals surface area contributed by atoms with E-state index in [1.54, 1.807) is 44.6 Å². The molecule has 3 rings (SSSR count). The molecule has 0 unspecified atom stereocenters. The number of nitrogens with one attached hydrogen (secondary N) is 1. The molecule has 0 radical (unpaired) electrons. The van der Waals surface area contributed by atoms with Gasteiger partial charge in [0.1, 0.15) is 29.9 Å². The Kier molecular flexibility index (Phi) is 13.5. The summed E-state index contributed by atoms with van der Waals surface area (Å²) < 4.78 is 21.7. The number of benzene rings is 3. The average Bonchev–Trinajstić information content (AvgIpc) is 3.03. The molecular formula is C33H40N2O8. The number of aliphatic hydroxyl groups excluding tert-OH is 1. The second kappa shape index (κ2) is 17.5. The number of esters is 2. The molecule has 0 aliphatic carbocycles. The van der Waals surface area contributed by atoms with E-state index in [2.05, 4.69) is 5.32 Å². The topological polar surface area (TPSA) is 146 Å². The molecule has 0 saturated heterocycles. The van der Waals surface area contributed by atoms with E-state index < -0.39 is 23.9 Å². The van der Waals surface area contributed by atoms with Gasteiger partial charge in [0, 0.05) is 19.1 Å². The first kappa shape index (κ1) is 33.1. The first-order chi connectivity index (χ1) is 20.8. The van der Waals surface area contributed by atoms with Gasteiger partial charge in [0.15, 0.2) is 0 Å². The Morgan fingerprint density at radius 2 is 1.42 bits per heavy atom. The Balaban J connectivity index is 1.55. The van der Waals surface area contributed by atoms with Crippen LogP contribution in [0, 0.1) is 0 Å². The molecule has 10 heteroatoms. The van der Waals surface area contributed by atoms with Gasteiger partial charge < -0.3 is 35.1 Å². The van der Waals surface area contributed by atoms with Crippen LogP contribution in [0.15, 0.2) is 66.7 Å². The summed E-state index contributed by atoms with van der Waals surface area (Å²) in [5.74, 6) is -0.0101. The Labute approximate surface area is 252 Å². The molecule has 3 aromatic rings. The van der Waals surface area contributed by atoms with Crippen molar-refractivity contribution < 1.29 is 38.4 Å². The van der Waals surface area contributed by atoms with Gasteiger partial charge in [0.05, 0.1) is 19.8 Å². The van der Waals surface area contributed by atoms with Gasteiger partial charge >= 0.3 is 11.9 Å². The number of carbonyl (C=O) groups excluding carboxylic acids is 3. The van der Waals surface area contributed by atoms with Crippen LogP contribution in [0.25, 0.3) is 11.1 Å². The molecule has 43 heavy (non-hydrogen) atoms. The maximum atomic E-state index is 12.7. The van der Waals surface area contributed by atoms with Gasteiger partial charge in [-0.3, -0.25) is 4.79 Å². The highest BCUT2D eigenvalue weighted by Gasteiger charge is 2.23. The number of rotatable bonds is 18. The maximum absolute atomic E-state index is 12.7. The number of nitrogens with two attached hydrogens (primary N) is 1. The largest absolute Gasteiger partial charge is 0.497 e. The van der Waals surface area contributed by atoms with Crippen molar-refractivity contribution >= 4 is 17.8 Å². The average molecular weight is 593 g/mol. The van der Waals surface area contributed by atoms with Gasteiger partial charge in [-0.05, 0) is 78.9 Å². The summed E-state index contributed by atoms with van der Waals surface area (Å²) in [6.45, 7) is 0.992. The molecule has 0 saturated carbocycles. The van der Waals surface area contributed by atoms with Gasteiger partial charge in [-0.1, -0.05) is 37.1 Å². The lowest BCUT2D eigenvalue weighted by atomic mass is 10.0. The van der Waals surface area contributed by atoms with Crippen LogP contribution in [0.2, 0.25) is 0 Å². The number of aliphatic hydroxyl groups is 1. The van der Waals surface area contributed by atoms with E-state index in [1.165, 1.54) is 0 Å². The van der Waals surface area contributed by atoms with Crippen LogP contribution in [-0.4, -0.2) is 56.4 Å². The molecule has 1 amide bonds. The van der Waals surface area contributed by atoms with Gasteiger partial charge in [-0.2, -0.15) is 0 Å². The lowest BCUT2D eigenvalue weighted by Crippen LogP contribution is -2.40. The van der Waals surface area contributed by atoms with Gasteiger partial charge in [-0.25, -0.2) is 9.59 Å². The van der Waals surface area contributed by atoms with Crippen molar-refractivity contribution in [2.75, 3.05) is 27.4 Å². The number of primary amides is 1. The second-order valence-electron chi connectivity index (χ2n) is 9.97. The highest BCUT2D eigenvalue weighted by Crippen LogP contribution is 2.26. The van der Waals surface area contributed by atoms with E-state index in [0.717, 1.165) is 42.4 Å². The third kappa shape index (κ3) is 11.1. The number of ether oxygens (including phenoxy) is 4. The molecule has 0 fully saturated rings. The first-order valence-electron chi connectivity index (χ1n) is 14.3. The van der Waals surface area contributed by atoms with Gasteiger partial charge in [0.25, 0.3) is 0 Å². The molecule has 0 spiro atoms. The molecular weight excluding hydrogens is 552 g/mol. The number of methoxy groups -OCH3 is 2. The van der Waals surface area contributed by atoms with Crippen LogP contribution >= 0.6 is 0 Å². The fourth-order valence-electron chi connectivity index (χ4n) is 4.34. The Bertz CT molecular complexity index is 1300. The van der Waals surface area contributed by atoms with Crippen LogP contribution in [0.1, 0.15) is 54.4 Å². The quantitative estimate of drug-likeness (QED) is 0.111. The van der Waals surface area contributed by atoms with Crippen molar-refractivity contribution in [2.45, 2.75) is 51.2 Å². The van der Waals surface area contributed by atoms with Crippen LogP contribution in [0.3, 0.4) is 0 Å². The van der Waals surface area contributed by atoms with Crippen molar-refractivity contribution in [1.29, 1.82) is 0 Å². The Morgan fingerprint density at radius 3 is 2.00 bits per heavy atom.